The van der Waals surface area contributed by atoms with Crippen molar-refractivity contribution in [3.05, 3.63) is 33.0 Å². The number of carboxylic acid groups (broad SMARTS) is 1. The number of hydrogen-bond donors (Lipinski definition) is 1. The summed E-state index contributed by atoms with van der Waals surface area (Å²) in [6.07, 6.45) is -2.44. The zero-order chi connectivity index (χ0) is 40.0. The van der Waals surface area contributed by atoms with E-state index in [1.807, 2.05) is 30.6 Å². The molecule has 4 rings (SSSR count). The van der Waals surface area contributed by atoms with Crippen molar-refractivity contribution in [2.45, 2.75) is 118 Å². The minimum absolute atomic E-state index is 0.00433. The van der Waals surface area contributed by atoms with Crippen molar-refractivity contribution in [1.82, 2.24) is 9.80 Å². The predicted molar refractivity (Wildman–Crippen MR) is 205 cm³/mol. The van der Waals surface area contributed by atoms with Crippen LogP contribution in [0.25, 0.3) is 0 Å². The predicted octanol–water partition coefficient (Wildman–Crippen LogP) is 7.95. The molecule has 0 radical (unpaired) electrons. The van der Waals surface area contributed by atoms with Crippen LogP contribution in [0.1, 0.15) is 100 Å². The molecule has 4 unspecified atom stereocenters. The molecule has 0 bridgehead atoms. The monoisotopic (exact) mass is 786 g/mol. The Kier molecular flexibility index (Phi) is 14.9. The second-order valence-corrected chi connectivity index (χ2v) is 16.8. The topological polar surface area (TPSA) is 129 Å². The van der Waals surface area contributed by atoms with E-state index in [1.54, 1.807) is 59.2 Å². The lowest BCUT2D eigenvalue weighted by Crippen LogP contribution is -2.54. The van der Waals surface area contributed by atoms with Gasteiger partial charge in [-0.1, -0.05) is 0 Å². The zero-order valence-electron chi connectivity index (χ0n) is 32.8. The SMILES string of the molecule is CCN(c1scc(C(=O)O)c1C)C1CCN(C(=O)OC(C)(C)C)CC1F.CCN(c1scc(C(=O)OC)c1C)C1CCN(C(=O)OC(C)(C)C)CC1F. The summed E-state index contributed by atoms with van der Waals surface area (Å²) in [7, 11) is 1.35. The van der Waals surface area contributed by atoms with Gasteiger partial charge in [-0.3, -0.25) is 0 Å². The van der Waals surface area contributed by atoms with E-state index in [1.165, 1.54) is 39.6 Å². The molecule has 298 valence electrons. The molecule has 2 aliphatic rings. The number of carbonyl (C=O) groups is 4. The number of esters is 1. The maximum atomic E-state index is 15.0. The summed E-state index contributed by atoms with van der Waals surface area (Å²) in [6.45, 7) is 20.2. The van der Waals surface area contributed by atoms with Crippen LogP contribution in [0.2, 0.25) is 0 Å². The fraction of sp³-hybridized carbons (Fsp3) is 0.676. The van der Waals surface area contributed by atoms with Crippen LogP contribution in [0.4, 0.5) is 28.4 Å². The minimum atomic E-state index is -1.23. The van der Waals surface area contributed by atoms with Gasteiger partial charge in [-0.15, -0.1) is 22.7 Å². The van der Waals surface area contributed by atoms with Crippen LogP contribution in [-0.2, 0) is 14.2 Å². The van der Waals surface area contributed by atoms with Crippen LogP contribution in [0.5, 0.6) is 0 Å². The number of ether oxygens (including phenoxy) is 3. The number of carboxylic acids is 1. The summed E-state index contributed by atoms with van der Waals surface area (Å²) >= 11 is 2.74. The number of halogens is 2. The van der Waals surface area contributed by atoms with E-state index < -0.39 is 47.7 Å². The number of nitrogens with zero attached hydrogens (tertiary/aromatic N) is 4. The molecule has 2 amide bonds. The van der Waals surface area contributed by atoms with E-state index in [2.05, 4.69) is 0 Å². The molecule has 4 heterocycles. The van der Waals surface area contributed by atoms with Crippen LogP contribution < -0.4 is 9.80 Å². The number of carbonyl (C=O) groups excluding carboxylic acids is 3. The highest BCUT2D eigenvalue weighted by atomic mass is 32.1. The van der Waals surface area contributed by atoms with E-state index in [0.29, 0.717) is 50.1 Å². The first-order valence-corrected chi connectivity index (χ1v) is 19.6. The number of alkyl halides is 2. The Labute approximate surface area is 319 Å². The fourth-order valence-electron chi connectivity index (χ4n) is 6.43. The molecule has 2 fully saturated rings. The summed E-state index contributed by atoms with van der Waals surface area (Å²) in [5.74, 6) is -1.36. The lowest BCUT2D eigenvalue weighted by Gasteiger charge is -2.41. The van der Waals surface area contributed by atoms with E-state index >= 15 is 0 Å². The Morgan fingerprint density at radius 1 is 0.774 bits per heavy atom. The second kappa shape index (κ2) is 18.1. The third-order valence-corrected chi connectivity index (χ3v) is 11.2. The number of piperidine rings is 2. The van der Waals surface area contributed by atoms with Gasteiger partial charge in [0.05, 0.1) is 53.4 Å². The van der Waals surface area contributed by atoms with Gasteiger partial charge in [0.25, 0.3) is 0 Å². The molecule has 0 aliphatic carbocycles. The first-order valence-electron chi connectivity index (χ1n) is 17.9. The van der Waals surface area contributed by atoms with Gasteiger partial charge in [-0.05, 0) is 93.2 Å². The lowest BCUT2D eigenvalue weighted by atomic mass is 10.0. The molecule has 0 saturated carbocycles. The molecular formula is C37H56F2N4O8S2. The fourth-order valence-corrected chi connectivity index (χ4v) is 8.81. The number of anilines is 2. The van der Waals surface area contributed by atoms with Crippen LogP contribution >= 0.6 is 22.7 Å². The maximum Gasteiger partial charge on any atom is 0.410 e. The molecule has 2 saturated heterocycles. The molecule has 12 nitrogen and oxygen atoms in total. The van der Waals surface area contributed by atoms with Gasteiger partial charge < -0.3 is 38.9 Å². The molecule has 0 aromatic carbocycles. The van der Waals surface area contributed by atoms with E-state index in [9.17, 15) is 33.1 Å². The average Bonchev–Trinajstić information content (AvgIpc) is 3.63. The van der Waals surface area contributed by atoms with Crippen molar-refractivity contribution in [2.75, 3.05) is 56.2 Å². The molecule has 2 aromatic rings. The Bertz CT molecular complexity index is 1590. The number of methoxy groups -OCH3 is 1. The molecule has 2 aromatic heterocycles. The Morgan fingerprint density at radius 3 is 1.45 bits per heavy atom. The van der Waals surface area contributed by atoms with Crippen LogP contribution in [-0.4, -0.2) is 121 Å². The summed E-state index contributed by atoms with van der Waals surface area (Å²) < 4.78 is 45.4. The Morgan fingerprint density at radius 2 is 1.15 bits per heavy atom. The molecule has 53 heavy (non-hydrogen) atoms. The summed E-state index contributed by atoms with van der Waals surface area (Å²) in [5, 5.41) is 14.2. The van der Waals surface area contributed by atoms with Gasteiger partial charge in [-0.25, -0.2) is 28.0 Å². The zero-order valence-corrected chi connectivity index (χ0v) is 34.4. The van der Waals surface area contributed by atoms with Crippen LogP contribution in [0.3, 0.4) is 0 Å². The largest absolute Gasteiger partial charge is 0.478 e. The quantitative estimate of drug-likeness (QED) is 0.208. The van der Waals surface area contributed by atoms with Crippen molar-refractivity contribution in [3.8, 4) is 0 Å². The average molecular weight is 787 g/mol. The number of likely N-dealkylation sites (tertiary alicyclic amines) is 2. The van der Waals surface area contributed by atoms with Crippen molar-refractivity contribution in [1.29, 1.82) is 0 Å². The van der Waals surface area contributed by atoms with Gasteiger partial charge in [0.1, 0.15) is 23.5 Å². The number of hydrogen-bond acceptors (Lipinski definition) is 11. The molecule has 1 N–H and O–H groups in total. The van der Waals surface area contributed by atoms with Crippen molar-refractivity contribution < 1.29 is 47.3 Å². The van der Waals surface area contributed by atoms with Gasteiger partial charge in [0.15, 0.2) is 0 Å². The molecule has 16 heteroatoms. The van der Waals surface area contributed by atoms with E-state index in [4.69, 9.17) is 14.2 Å². The standard InChI is InChI=1S/C19H29FN2O4S.C18H27FN2O4S/c1-7-22(16-12(2)13(11-27-16)17(23)25-6)15-8-9-21(10-14(15)20)18(24)26-19(3,4)5;1-6-21(15-11(2)12(10-26-15)16(22)23)14-7-8-20(9-13(14)19)17(24)25-18(3,4)5/h11,14-15H,7-10H2,1-6H3;10,13-14H,6-9H2,1-5H3,(H,22,23). The molecule has 0 spiro atoms. The van der Waals surface area contributed by atoms with E-state index in [0.717, 1.165) is 15.6 Å². The smallest absolute Gasteiger partial charge is 0.410 e. The van der Waals surface area contributed by atoms with Crippen LogP contribution in [0.15, 0.2) is 10.8 Å². The van der Waals surface area contributed by atoms with Crippen LogP contribution in [0, 0.1) is 13.8 Å². The Hall–Kier alpha value is -3.66. The second-order valence-electron chi connectivity index (χ2n) is 15.1. The third-order valence-electron chi connectivity index (χ3n) is 8.98. The molecule has 2 aliphatic heterocycles. The highest BCUT2D eigenvalue weighted by Crippen LogP contribution is 2.37. The van der Waals surface area contributed by atoms with Crippen molar-refractivity contribution >= 4 is 56.8 Å². The number of rotatable bonds is 8. The highest BCUT2D eigenvalue weighted by molar-refractivity contribution is 7.15. The highest BCUT2D eigenvalue weighted by Gasteiger charge is 2.39. The number of aromatic carboxylic acids is 1. The lowest BCUT2D eigenvalue weighted by molar-refractivity contribution is 0.0104. The van der Waals surface area contributed by atoms with Gasteiger partial charge in [-0.2, -0.15) is 0 Å². The first kappa shape index (κ1) is 43.7. The molecular weight excluding hydrogens is 731 g/mol. The summed E-state index contributed by atoms with van der Waals surface area (Å²) in [4.78, 5) is 54.3. The molecule has 4 atom stereocenters. The van der Waals surface area contributed by atoms with Crippen molar-refractivity contribution in [3.63, 3.8) is 0 Å². The first-order chi connectivity index (χ1) is 24.6. The van der Waals surface area contributed by atoms with Gasteiger partial charge in [0.2, 0.25) is 0 Å². The maximum absolute atomic E-state index is 15.0. The third kappa shape index (κ3) is 11.2. The Balaban J connectivity index is 0.000000286. The van der Waals surface area contributed by atoms with E-state index in [-0.39, 0.29) is 30.7 Å². The minimum Gasteiger partial charge on any atom is -0.478 e. The normalized spacial score (nSPS) is 20.5. The number of amides is 2. The van der Waals surface area contributed by atoms with Gasteiger partial charge in [0, 0.05) is 36.9 Å². The van der Waals surface area contributed by atoms with Crippen molar-refractivity contribution in [2.24, 2.45) is 0 Å². The van der Waals surface area contributed by atoms with Gasteiger partial charge >= 0.3 is 24.1 Å². The summed E-state index contributed by atoms with van der Waals surface area (Å²) in [5.41, 5.74) is 1.01. The number of thiophene rings is 2. The summed E-state index contributed by atoms with van der Waals surface area (Å²) in [6, 6.07) is -0.741.